The molecule has 0 aromatic heterocycles. The van der Waals surface area contributed by atoms with Crippen molar-refractivity contribution in [2.75, 3.05) is 0 Å². The van der Waals surface area contributed by atoms with Crippen molar-refractivity contribution >= 4 is 29.0 Å². The van der Waals surface area contributed by atoms with Crippen LogP contribution in [-0.2, 0) is 6.42 Å². The number of aryl methyl sites for hydroxylation is 1. The lowest BCUT2D eigenvalue weighted by atomic mass is 10.0. The molecule has 0 spiro atoms. The third kappa shape index (κ3) is 6.61. The first kappa shape index (κ1) is 19.0. The Morgan fingerprint density at radius 3 is 2.32 bits per heavy atom. The van der Waals surface area contributed by atoms with Crippen LogP contribution in [-0.4, -0.2) is 11.1 Å². The first-order valence-electron chi connectivity index (χ1n) is 8.72. The predicted octanol–water partition coefficient (Wildman–Crippen LogP) is 6.15. The number of carbonyl (C=O) groups excluding carboxylic acids is 1. The van der Waals surface area contributed by atoms with Crippen molar-refractivity contribution in [2.24, 2.45) is 4.99 Å². The topological polar surface area (TPSA) is 38.7 Å². The Kier molecular flexibility index (Phi) is 8.03. The summed E-state index contributed by atoms with van der Waals surface area (Å²) in [6.07, 6.45) is 7.39. The number of isothiocyanates is 1. The van der Waals surface area contributed by atoms with Gasteiger partial charge >= 0.3 is 5.97 Å². The highest BCUT2D eigenvalue weighted by Crippen LogP contribution is 2.19. The molecule has 0 heterocycles. The van der Waals surface area contributed by atoms with E-state index >= 15 is 0 Å². The number of hydrogen-bond donors (Lipinski definition) is 0. The maximum absolute atomic E-state index is 12.2. The Morgan fingerprint density at radius 2 is 1.68 bits per heavy atom. The molecule has 2 aromatic rings. The quantitative estimate of drug-likeness (QED) is 0.178. The molecule has 0 fully saturated rings. The molecule has 0 saturated heterocycles. The molecule has 4 heteroatoms. The lowest BCUT2D eigenvalue weighted by Gasteiger charge is -2.06. The summed E-state index contributed by atoms with van der Waals surface area (Å²) in [4.78, 5) is 16.1. The Bertz CT molecular complexity index is 717. The van der Waals surface area contributed by atoms with Crippen LogP contribution in [0.1, 0.15) is 54.9 Å². The van der Waals surface area contributed by atoms with Crippen LogP contribution in [0.5, 0.6) is 5.75 Å². The SMILES string of the molecule is CCCCCCCc1ccc(C(=O)Oc2ccc(N=C=S)cc2)cc1. The van der Waals surface area contributed by atoms with E-state index in [1.54, 1.807) is 24.3 Å². The van der Waals surface area contributed by atoms with Gasteiger partial charge in [0.05, 0.1) is 16.4 Å². The summed E-state index contributed by atoms with van der Waals surface area (Å²) in [5, 5.41) is 2.30. The molecule has 130 valence electrons. The van der Waals surface area contributed by atoms with Crippen molar-refractivity contribution in [3.8, 4) is 5.75 Å². The number of unbranched alkanes of at least 4 members (excludes halogenated alkanes) is 4. The number of rotatable bonds is 9. The molecule has 0 aliphatic rings. The highest BCUT2D eigenvalue weighted by atomic mass is 32.1. The highest BCUT2D eigenvalue weighted by molar-refractivity contribution is 7.78. The van der Waals surface area contributed by atoms with Crippen molar-refractivity contribution in [1.29, 1.82) is 0 Å². The average Bonchev–Trinajstić information content (AvgIpc) is 2.64. The third-order valence-electron chi connectivity index (χ3n) is 3.98. The minimum Gasteiger partial charge on any atom is -0.423 e. The van der Waals surface area contributed by atoms with E-state index in [0.717, 1.165) is 6.42 Å². The van der Waals surface area contributed by atoms with Gasteiger partial charge in [-0.2, -0.15) is 4.99 Å². The average molecular weight is 353 g/mol. The Labute approximate surface area is 154 Å². The molecule has 2 aromatic carbocycles. The molecule has 3 nitrogen and oxygen atoms in total. The molecule has 0 aliphatic heterocycles. The first-order chi connectivity index (χ1) is 12.2. The summed E-state index contributed by atoms with van der Waals surface area (Å²) in [5.74, 6) is 0.119. The van der Waals surface area contributed by atoms with E-state index in [4.69, 9.17) is 4.74 Å². The Balaban J connectivity index is 1.86. The van der Waals surface area contributed by atoms with Gasteiger partial charge in [0.25, 0.3) is 0 Å². The largest absolute Gasteiger partial charge is 0.423 e. The summed E-state index contributed by atoms with van der Waals surface area (Å²) >= 11 is 4.55. The van der Waals surface area contributed by atoms with E-state index in [1.807, 2.05) is 24.3 Å². The van der Waals surface area contributed by atoms with Crippen LogP contribution in [0.2, 0.25) is 0 Å². The van der Waals surface area contributed by atoms with Crippen molar-refractivity contribution < 1.29 is 9.53 Å². The van der Waals surface area contributed by atoms with Gasteiger partial charge in [0.2, 0.25) is 0 Å². The van der Waals surface area contributed by atoms with E-state index < -0.39 is 0 Å². The Hall–Kier alpha value is -2.29. The second-order valence-electron chi connectivity index (χ2n) is 5.95. The zero-order valence-electron chi connectivity index (χ0n) is 14.5. The molecular formula is C21H23NO2S. The standard InChI is InChI=1S/C21H23NO2S/c1-2-3-4-5-6-7-17-8-10-18(11-9-17)21(23)24-20-14-12-19(13-15-20)22-16-25/h8-15H,2-7H2,1H3. The molecule has 0 saturated carbocycles. The van der Waals surface area contributed by atoms with Gasteiger partial charge in [0.1, 0.15) is 5.75 Å². The van der Waals surface area contributed by atoms with Crippen LogP contribution >= 0.6 is 12.2 Å². The second-order valence-corrected chi connectivity index (χ2v) is 6.13. The Morgan fingerprint density at radius 1 is 1.00 bits per heavy atom. The lowest BCUT2D eigenvalue weighted by molar-refractivity contribution is 0.0735. The predicted molar refractivity (Wildman–Crippen MR) is 105 cm³/mol. The van der Waals surface area contributed by atoms with Gasteiger partial charge in [0, 0.05) is 0 Å². The zero-order chi connectivity index (χ0) is 17.9. The van der Waals surface area contributed by atoms with Gasteiger partial charge in [0.15, 0.2) is 0 Å². The van der Waals surface area contributed by atoms with Crippen molar-refractivity contribution in [3.05, 3.63) is 59.7 Å². The summed E-state index contributed by atoms with van der Waals surface area (Å²) in [7, 11) is 0. The van der Waals surface area contributed by atoms with Crippen LogP contribution in [0.15, 0.2) is 53.5 Å². The first-order valence-corrected chi connectivity index (χ1v) is 9.13. The van der Waals surface area contributed by atoms with E-state index in [1.165, 1.54) is 37.7 Å². The third-order valence-corrected chi connectivity index (χ3v) is 4.07. The van der Waals surface area contributed by atoms with Gasteiger partial charge in [-0.1, -0.05) is 44.7 Å². The number of thiocarbonyl (C=S) groups is 1. The van der Waals surface area contributed by atoms with Crippen molar-refractivity contribution in [1.82, 2.24) is 0 Å². The zero-order valence-corrected chi connectivity index (χ0v) is 15.3. The minimum atomic E-state index is -0.361. The summed E-state index contributed by atoms with van der Waals surface area (Å²) in [6.45, 7) is 2.22. The minimum absolute atomic E-state index is 0.361. The number of carbonyl (C=O) groups is 1. The van der Waals surface area contributed by atoms with E-state index in [-0.39, 0.29) is 5.97 Å². The number of nitrogens with zero attached hydrogens (tertiary/aromatic N) is 1. The van der Waals surface area contributed by atoms with Gasteiger partial charge < -0.3 is 4.74 Å². The number of benzene rings is 2. The molecule has 0 bridgehead atoms. The molecule has 0 N–H and O–H groups in total. The van der Waals surface area contributed by atoms with Gasteiger partial charge in [-0.15, -0.1) is 0 Å². The van der Waals surface area contributed by atoms with E-state index in [9.17, 15) is 4.79 Å². The molecule has 2 rings (SSSR count). The van der Waals surface area contributed by atoms with Gasteiger partial charge in [-0.3, -0.25) is 0 Å². The fraction of sp³-hybridized carbons (Fsp3) is 0.333. The van der Waals surface area contributed by atoms with Crippen LogP contribution in [0, 0.1) is 0 Å². The molecule has 0 unspecified atom stereocenters. The van der Waals surface area contributed by atoms with Crippen molar-refractivity contribution in [2.45, 2.75) is 45.4 Å². The summed E-state index contributed by atoms with van der Waals surface area (Å²) in [5.41, 5.74) is 2.49. The van der Waals surface area contributed by atoms with Gasteiger partial charge in [-0.05, 0) is 67.0 Å². The lowest BCUT2D eigenvalue weighted by Crippen LogP contribution is -2.08. The smallest absolute Gasteiger partial charge is 0.343 e. The van der Waals surface area contributed by atoms with E-state index in [2.05, 4.69) is 29.3 Å². The monoisotopic (exact) mass is 353 g/mol. The number of esters is 1. The molecule has 0 atom stereocenters. The number of ether oxygens (including phenoxy) is 1. The maximum atomic E-state index is 12.2. The molecule has 0 radical (unpaired) electrons. The maximum Gasteiger partial charge on any atom is 0.343 e. The molecular weight excluding hydrogens is 330 g/mol. The van der Waals surface area contributed by atoms with Crippen molar-refractivity contribution in [3.63, 3.8) is 0 Å². The number of hydrogen-bond acceptors (Lipinski definition) is 4. The van der Waals surface area contributed by atoms with Crippen LogP contribution in [0.3, 0.4) is 0 Å². The summed E-state index contributed by atoms with van der Waals surface area (Å²) < 4.78 is 5.37. The molecule has 0 aliphatic carbocycles. The number of aliphatic imine (C=N–C) groups is 1. The van der Waals surface area contributed by atoms with Gasteiger partial charge in [-0.25, -0.2) is 4.79 Å². The fourth-order valence-electron chi connectivity index (χ4n) is 2.55. The molecule has 0 amide bonds. The van der Waals surface area contributed by atoms with Crippen LogP contribution in [0.4, 0.5) is 5.69 Å². The highest BCUT2D eigenvalue weighted by Gasteiger charge is 2.08. The van der Waals surface area contributed by atoms with E-state index in [0.29, 0.717) is 17.0 Å². The fourth-order valence-corrected chi connectivity index (χ4v) is 2.65. The second kappa shape index (κ2) is 10.5. The van der Waals surface area contributed by atoms with Crippen LogP contribution < -0.4 is 4.74 Å². The molecule has 25 heavy (non-hydrogen) atoms. The summed E-state index contributed by atoms with van der Waals surface area (Å²) in [6, 6.07) is 14.5. The normalized spacial score (nSPS) is 10.1. The van der Waals surface area contributed by atoms with Crippen LogP contribution in [0.25, 0.3) is 0 Å².